The molecule has 2 aromatic carbocycles. The van der Waals surface area contributed by atoms with Crippen LogP contribution in [0.15, 0.2) is 60.4 Å². The summed E-state index contributed by atoms with van der Waals surface area (Å²) in [5, 5.41) is 10.6. The van der Waals surface area contributed by atoms with Gasteiger partial charge in [0.15, 0.2) is 6.61 Å². The number of benzene rings is 2. The summed E-state index contributed by atoms with van der Waals surface area (Å²) in [7, 11) is 0. The highest BCUT2D eigenvalue weighted by molar-refractivity contribution is 5.71. The van der Waals surface area contributed by atoms with Crippen molar-refractivity contribution in [2.24, 2.45) is 0 Å². The molecule has 2 aromatic rings. The SMILES string of the molecule is CCc1ccc(OCC(=O)O/C=C(\C)Cc2ccc([N+](=O)[O-])cc2)cc1. The average molecular weight is 355 g/mol. The van der Waals surface area contributed by atoms with E-state index in [-0.39, 0.29) is 12.3 Å². The first-order valence-electron chi connectivity index (χ1n) is 8.28. The maximum absolute atomic E-state index is 11.7. The molecule has 6 nitrogen and oxygen atoms in total. The standard InChI is InChI=1S/C20H21NO5/c1-3-16-6-10-19(11-7-16)25-14-20(22)26-13-15(2)12-17-4-8-18(9-5-17)21(23)24/h4-11,13H,3,12,14H2,1-2H3/b15-13+. The first-order valence-corrected chi connectivity index (χ1v) is 8.28. The number of rotatable bonds is 8. The number of nitro groups is 1. The fourth-order valence-electron chi connectivity index (χ4n) is 2.26. The second-order valence-electron chi connectivity index (χ2n) is 5.84. The number of hydrogen-bond acceptors (Lipinski definition) is 5. The second kappa shape index (κ2) is 9.36. The third-order valence-electron chi connectivity index (χ3n) is 3.71. The number of non-ortho nitro benzene ring substituents is 1. The Bertz CT molecular complexity index is 779. The number of aryl methyl sites for hydroxylation is 1. The number of allylic oxidation sites excluding steroid dienone is 1. The zero-order valence-corrected chi connectivity index (χ0v) is 14.8. The lowest BCUT2D eigenvalue weighted by Crippen LogP contribution is -2.12. The van der Waals surface area contributed by atoms with E-state index in [1.165, 1.54) is 24.0 Å². The molecule has 0 bridgehead atoms. The van der Waals surface area contributed by atoms with Crippen LogP contribution in [-0.4, -0.2) is 17.5 Å². The average Bonchev–Trinajstić information content (AvgIpc) is 2.65. The van der Waals surface area contributed by atoms with Crippen molar-refractivity contribution in [2.75, 3.05) is 6.61 Å². The number of carbonyl (C=O) groups excluding carboxylic acids is 1. The van der Waals surface area contributed by atoms with Crippen LogP contribution in [0.4, 0.5) is 5.69 Å². The highest BCUT2D eigenvalue weighted by Crippen LogP contribution is 2.15. The van der Waals surface area contributed by atoms with Crippen LogP contribution >= 0.6 is 0 Å². The van der Waals surface area contributed by atoms with Gasteiger partial charge in [-0.1, -0.05) is 31.2 Å². The Morgan fingerprint density at radius 3 is 2.27 bits per heavy atom. The Labute approximate surface area is 152 Å². The third kappa shape index (κ3) is 6.05. The highest BCUT2D eigenvalue weighted by atomic mass is 16.6. The van der Waals surface area contributed by atoms with Crippen molar-refractivity contribution in [1.82, 2.24) is 0 Å². The van der Waals surface area contributed by atoms with Crippen molar-refractivity contribution in [2.45, 2.75) is 26.7 Å². The largest absolute Gasteiger partial charge is 0.482 e. The monoisotopic (exact) mass is 355 g/mol. The van der Waals surface area contributed by atoms with E-state index in [9.17, 15) is 14.9 Å². The molecule has 136 valence electrons. The van der Waals surface area contributed by atoms with Crippen LogP contribution in [0.1, 0.15) is 25.0 Å². The Hall–Kier alpha value is -3.15. The molecular weight excluding hydrogens is 334 g/mol. The van der Waals surface area contributed by atoms with Gasteiger partial charge in [0.05, 0.1) is 11.2 Å². The lowest BCUT2D eigenvalue weighted by atomic mass is 10.1. The second-order valence-corrected chi connectivity index (χ2v) is 5.84. The Morgan fingerprint density at radius 1 is 1.08 bits per heavy atom. The van der Waals surface area contributed by atoms with Crippen LogP contribution in [0.25, 0.3) is 0 Å². The molecule has 2 rings (SSSR count). The molecule has 0 heterocycles. The molecule has 0 aromatic heterocycles. The molecule has 0 aliphatic rings. The molecule has 26 heavy (non-hydrogen) atoms. The fraction of sp³-hybridized carbons (Fsp3) is 0.250. The minimum atomic E-state index is -0.493. The summed E-state index contributed by atoms with van der Waals surface area (Å²) in [6.07, 6.45) is 2.86. The zero-order chi connectivity index (χ0) is 18.9. The number of nitro benzene ring substituents is 1. The van der Waals surface area contributed by atoms with Crippen LogP contribution in [0.3, 0.4) is 0 Å². The van der Waals surface area contributed by atoms with Crippen LogP contribution < -0.4 is 4.74 Å². The summed E-state index contributed by atoms with van der Waals surface area (Å²) in [6, 6.07) is 13.8. The van der Waals surface area contributed by atoms with Crippen molar-refractivity contribution in [3.8, 4) is 5.75 Å². The molecule has 0 fully saturated rings. The van der Waals surface area contributed by atoms with Crippen LogP contribution in [0.2, 0.25) is 0 Å². The molecule has 0 aliphatic carbocycles. The predicted molar refractivity (Wildman–Crippen MR) is 98.0 cm³/mol. The van der Waals surface area contributed by atoms with Gasteiger partial charge < -0.3 is 9.47 Å². The maximum atomic E-state index is 11.7. The summed E-state index contributed by atoms with van der Waals surface area (Å²) < 4.78 is 10.5. The highest BCUT2D eigenvalue weighted by Gasteiger charge is 2.06. The van der Waals surface area contributed by atoms with Crippen molar-refractivity contribution in [3.05, 3.63) is 81.6 Å². The molecule has 0 N–H and O–H groups in total. The molecule has 0 atom stereocenters. The molecule has 0 amide bonds. The van der Waals surface area contributed by atoms with Crippen molar-refractivity contribution >= 4 is 11.7 Å². The van der Waals surface area contributed by atoms with Crippen molar-refractivity contribution < 1.29 is 19.2 Å². The van der Waals surface area contributed by atoms with Crippen LogP contribution in [-0.2, 0) is 22.4 Å². The molecule has 6 heteroatoms. The van der Waals surface area contributed by atoms with Gasteiger partial charge in [-0.2, -0.15) is 0 Å². The van der Waals surface area contributed by atoms with E-state index in [4.69, 9.17) is 9.47 Å². The van der Waals surface area contributed by atoms with Gasteiger partial charge in [-0.15, -0.1) is 0 Å². The number of carbonyl (C=O) groups is 1. The minimum absolute atomic E-state index is 0.0472. The molecule has 0 aliphatic heterocycles. The van der Waals surface area contributed by atoms with E-state index < -0.39 is 10.9 Å². The van der Waals surface area contributed by atoms with Gasteiger partial charge in [0.25, 0.3) is 5.69 Å². The molecule has 0 unspecified atom stereocenters. The Morgan fingerprint density at radius 2 is 1.69 bits per heavy atom. The van der Waals surface area contributed by atoms with Gasteiger partial charge in [0.1, 0.15) is 5.75 Å². The number of nitrogens with zero attached hydrogens (tertiary/aromatic N) is 1. The van der Waals surface area contributed by atoms with Gasteiger partial charge in [0.2, 0.25) is 0 Å². The summed E-state index contributed by atoms with van der Waals surface area (Å²) in [4.78, 5) is 21.9. The van der Waals surface area contributed by atoms with E-state index in [1.54, 1.807) is 12.1 Å². The molecule has 0 saturated heterocycles. The van der Waals surface area contributed by atoms with E-state index in [0.717, 1.165) is 17.6 Å². The number of hydrogen-bond donors (Lipinski definition) is 0. The number of ether oxygens (including phenoxy) is 2. The zero-order valence-electron chi connectivity index (χ0n) is 14.8. The van der Waals surface area contributed by atoms with Gasteiger partial charge in [-0.25, -0.2) is 4.79 Å². The normalized spacial score (nSPS) is 11.1. The summed E-state index contributed by atoms with van der Waals surface area (Å²) in [5.41, 5.74) is 2.96. The number of esters is 1. The smallest absolute Gasteiger partial charge is 0.348 e. The first-order chi connectivity index (χ1) is 12.5. The van der Waals surface area contributed by atoms with Gasteiger partial charge in [-0.3, -0.25) is 10.1 Å². The Kier molecular flexibility index (Phi) is 6.91. The predicted octanol–water partition coefficient (Wildman–Crippen LogP) is 4.23. The molecule has 0 spiro atoms. The maximum Gasteiger partial charge on any atom is 0.348 e. The topological polar surface area (TPSA) is 78.7 Å². The van der Waals surface area contributed by atoms with Gasteiger partial charge in [0, 0.05) is 12.1 Å². The lowest BCUT2D eigenvalue weighted by molar-refractivity contribution is -0.384. The van der Waals surface area contributed by atoms with E-state index >= 15 is 0 Å². The Balaban J connectivity index is 1.79. The summed E-state index contributed by atoms with van der Waals surface area (Å²) in [5.74, 6) is 0.123. The third-order valence-corrected chi connectivity index (χ3v) is 3.71. The quantitative estimate of drug-likeness (QED) is 0.306. The van der Waals surface area contributed by atoms with Crippen molar-refractivity contribution in [1.29, 1.82) is 0 Å². The summed E-state index contributed by atoms with van der Waals surface area (Å²) in [6.45, 7) is 3.71. The molecule has 0 radical (unpaired) electrons. The van der Waals surface area contributed by atoms with E-state index in [0.29, 0.717) is 12.2 Å². The fourth-order valence-corrected chi connectivity index (χ4v) is 2.26. The van der Waals surface area contributed by atoms with Gasteiger partial charge in [-0.05, 0) is 48.6 Å². The molecular formula is C20H21NO5. The lowest BCUT2D eigenvalue weighted by Gasteiger charge is -2.06. The van der Waals surface area contributed by atoms with Crippen LogP contribution in [0.5, 0.6) is 5.75 Å². The van der Waals surface area contributed by atoms with E-state index in [1.807, 2.05) is 31.2 Å². The van der Waals surface area contributed by atoms with Crippen LogP contribution in [0, 0.1) is 10.1 Å². The summed E-state index contributed by atoms with van der Waals surface area (Å²) >= 11 is 0. The van der Waals surface area contributed by atoms with Gasteiger partial charge >= 0.3 is 5.97 Å². The van der Waals surface area contributed by atoms with E-state index in [2.05, 4.69) is 6.92 Å². The molecule has 0 saturated carbocycles. The first kappa shape index (κ1) is 19.2. The van der Waals surface area contributed by atoms with Crippen molar-refractivity contribution in [3.63, 3.8) is 0 Å². The minimum Gasteiger partial charge on any atom is -0.482 e.